The summed E-state index contributed by atoms with van der Waals surface area (Å²) in [4.78, 5) is 19.0. The second kappa shape index (κ2) is 8.27. The van der Waals surface area contributed by atoms with E-state index in [0.29, 0.717) is 36.0 Å². The molecule has 0 atom stereocenters. The Morgan fingerprint density at radius 3 is 2.58 bits per heavy atom. The van der Waals surface area contributed by atoms with Gasteiger partial charge in [-0.15, -0.1) is 0 Å². The molecule has 0 radical (unpaired) electrons. The number of anilines is 2. The molecule has 2 aromatic carbocycles. The minimum atomic E-state index is -3.93. The van der Waals surface area contributed by atoms with E-state index in [1.165, 1.54) is 30.2 Å². The lowest BCUT2D eigenvalue weighted by Gasteiger charge is -2.20. The minimum absolute atomic E-state index is 0.0469. The maximum atomic E-state index is 13.3. The molecule has 9 heteroatoms. The van der Waals surface area contributed by atoms with E-state index in [1.807, 2.05) is 6.92 Å². The van der Waals surface area contributed by atoms with Gasteiger partial charge in [-0.1, -0.05) is 6.92 Å². The molecule has 3 aromatic rings. The van der Waals surface area contributed by atoms with Gasteiger partial charge in [0.1, 0.15) is 11.5 Å². The zero-order valence-electron chi connectivity index (χ0n) is 17.0. The Balaban J connectivity index is 1.71. The lowest BCUT2D eigenvalue weighted by molar-refractivity contribution is 0.0986. The summed E-state index contributed by atoms with van der Waals surface area (Å²) < 4.78 is 39.4. The first-order valence-electron chi connectivity index (χ1n) is 9.68. The topological polar surface area (TPSA) is 97.8 Å². The molecule has 1 N–H and O–H groups in total. The number of carbonyl (C=O) groups is 1. The average Bonchev–Trinajstić information content (AvgIpc) is 2.89. The van der Waals surface area contributed by atoms with Crippen molar-refractivity contribution in [2.24, 2.45) is 0 Å². The van der Waals surface area contributed by atoms with Crippen molar-refractivity contribution in [2.75, 3.05) is 23.3 Å². The molecule has 1 aliphatic rings. The van der Waals surface area contributed by atoms with E-state index in [1.54, 1.807) is 42.6 Å². The number of hydrogen-bond acceptors (Lipinski definition) is 6. The summed E-state index contributed by atoms with van der Waals surface area (Å²) in [5, 5.41) is 0. The highest BCUT2D eigenvalue weighted by molar-refractivity contribution is 7.92. The smallest absolute Gasteiger partial charge is 0.263 e. The number of sulfonamides is 1. The van der Waals surface area contributed by atoms with Gasteiger partial charge >= 0.3 is 0 Å². The maximum Gasteiger partial charge on any atom is 0.263 e. The number of carbonyl (C=O) groups excluding carboxylic acids is 1. The van der Waals surface area contributed by atoms with Crippen LogP contribution >= 0.6 is 0 Å². The average molecular weight is 439 g/mol. The van der Waals surface area contributed by atoms with Crippen LogP contribution in [0.1, 0.15) is 23.7 Å². The quantitative estimate of drug-likeness (QED) is 0.622. The predicted molar refractivity (Wildman–Crippen MR) is 117 cm³/mol. The van der Waals surface area contributed by atoms with Crippen molar-refractivity contribution in [1.29, 1.82) is 0 Å². The van der Waals surface area contributed by atoms with Crippen molar-refractivity contribution in [2.45, 2.75) is 18.2 Å². The zero-order valence-corrected chi connectivity index (χ0v) is 17.8. The zero-order chi connectivity index (χ0) is 22.0. The van der Waals surface area contributed by atoms with E-state index in [-0.39, 0.29) is 22.1 Å². The van der Waals surface area contributed by atoms with Crippen LogP contribution in [0.25, 0.3) is 0 Å². The Morgan fingerprint density at radius 1 is 1.10 bits per heavy atom. The monoisotopic (exact) mass is 439 g/mol. The second-order valence-corrected chi connectivity index (χ2v) is 8.56. The predicted octanol–water partition coefficient (Wildman–Crippen LogP) is 4.05. The number of ether oxygens (including phenoxy) is 2. The van der Waals surface area contributed by atoms with Gasteiger partial charge in [-0.2, -0.15) is 0 Å². The van der Waals surface area contributed by atoms with E-state index >= 15 is 0 Å². The number of benzene rings is 2. The number of pyridine rings is 1. The fourth-order valence-corrected chi connectivity index (χ4v) is 4.35. The molecule has 2 heterocycles. The van der Waals surface area contributed by atoms with Crippen LogP contribution in [0.3, 0.4) is 0 Å². The van der Waals surface area contributed by atoms with E-state index in [9.17, 15) is 13.2 Å². The summed E-state index contributed by atoms with van der Waals surface area (Å²) in [6, 6.07) is 14.2. The van der Waals surface area contributed by atoms with Gasteiger partial charge < -0.3 is 9.47 Å². The van der Waals surface area contributed by atoms with Crippen LogP contribution < -0.4 is 19.1 Å². The number of aromatic nitrogens is 1. The van der Waals surface area contributed by atoms with Gasteiger partial charge in [0.25, 0.3) is 15.9 Å². The molecule has 0 bridgehead atoms. The first-order chi connectivity index (χ1) is 14.9. The molecule has 0 saturated heterocycles. The Kier molecular flexibility index (Phi) is 5.51. The third-order valence-electron chi connectivity index (χ3n) is 4.75. The molecule has 1 aromatic heterocycles. The highest BCUT2D eigenvalue weighted by atomic mass is 32.2. The first-order valence-corrected chi connectivity index (χ1v) is 11.2. The number of nitrogens with one attached hydrogen (secondary N) is 1. The summed E-state index contributed by atoms with van der Waals surface area (Å²) in [6.45, 7) is 2.37. The van der Waals surface area contributed by atoms with Crippen molar-refractivity contribution < 1.29 is 22.7 Å². The number of methoxy groups -OCH3 is 1. The van der Waals surface area contributed by atoms with Crippen molar-refractivity contribution in [1.82, 2.24) is 4.98 Å². The molecule has 0 saturated carbocycles. The third-order valence-corrected chi connectivity index (χ3v) is 6.13. The highest BCUT2D eigenvalue weighted by Crippen LogP contribution is 2.38. The summed E-state index contributed by atoms with van der Waals surface area (Å²) in [6.07, 6.45) is 2.29. The fraction of sp³-hybridized carbons (Fsp3) is 0.182. The van der Waals surface area contributed by atoms with Crippen LogP contribution in [-0.4, -0.2) is 33.0 Å². The van der Waals surface area contributed by atoms with Crippen molar-refractivity contribution in [3.63, 3.8) is 0 Å². The molecule has 160 valence electrons. The summed E-state index contributed by atoms with van der Waals surface area (Å²) in [5.41, 5.74) is 0.534. The number of rotatable bonds is 6. The Labute approximate surface area is 180 Å². The SMILES string of the molecule is CCCN1C(=O)c2cc(S(=O)(=O)Nc3ccc(OC)cc3)ccc2Oc2cccnc21. The molecule has 31 heavy (non-hydrogen) atoms. The van der Waals surface area contributed by atoms with Crippen LogP contribution in [0.4, 0.5) is 11.5 Å². The molecule has 1 aliphatic heterocycles. The molecular weight excluding hydrogens is 418 g/mol. The van der Waals surface area contributed by atoms with Gasteiger partial charge in [0, 0.05) is 18.4 Å². The molecule has 8 nitrogen and oxygen atoms in total. The summed E-state index contributed by atoms with van der Waals surface area (Å²) >= 11 is 0. The third kappa shape index (κ3) is 4.04. The highest BCUT2D eigenvalue weighted by Gasteiger charge is 2.30. The molecule has 1 amide bonds. The molecule has 0 aliphatic carbocycles. The van der Waals surface area contributed by atoms with Crippen LogP contribution in [0.15, 0.2) is 65.7 Å². The van der Waals surface area contributed by atoms with Crippen molar-refractivity contribution in [3.05, 3.63) is 66.4 Å². The minimum Gasteiger partial charge on any atom is -0.497 e. The van der Waals surface area contributed by atoms with Crippen LogP contribution in [0.2, 0.25) is 0 Å². The van der Waals surface area contributed by atoms with E-state index in [4.69, 9.17) is 9.47 Å². The normalized spacial score (nSPS) is 13.0. The lowest BCUT2D eigenvalue weighted by atomic mass is 10.1. The molecule has 0 unspecified atom stereocenters. The first kappa shape index (κ1) is 20.7. The number of nitrogens with zero attached hydrogens (tertiary/aromatic N) is 2. The summed E-state index contributed by atoms with van der Waals surface area (Å²) in [7, 11) is -2.40. The van der Waals surface area contributed by atoms with Crippen molar-refractivity contribution >= 4 is 27.4 Å². The number of fused-ring (bicyclic) bond motifs is 2. The Morgan fingerprint density at radius 2 is 1.87 bits per heavy atom. The lowest BCUT2D eigenvalue weighted by Crippen LogP contribution is -2.31. The second-order valence-electron chi connectivity index (χ2n) is 6.88. The summed E-state index contributed by atoms with van der Waals surface area (Å²) in [5.74, 6) is 1.37. The van der Waals surface area contributed by atoms with Gasteiger partial charge in [-0.3, -0.25) is 14.4 Å². The molecule has 0 spiro atoms. The van der Waals surface area contributed by atoms with Gasteiger partial charge in [0.05, 0.1) is 17.6 Å². The molecule has 0 fully saturated rings. The van der Waals surface area contributed by atoms with Gasteiger partial charge in [-0.25, -0.2) is 13.4 Å². The van der Waals surface area contributed by atoms with Crippen molar-refractivity contribution in [3.8, 4) is 17.2 Å². The van der Waals surface area contributed by atoms with Gasteiger partial charge in [0.15, 0.2) is 11.6 Å². The van der Waals surface area contributed by atoms with Gasteiger partial charge in [-0.05, 0) is 61.0 Å². The number of amides is 1. The van der Waals surface area contributed by atoms with Crippen LogP contribution in [0, 0.1) is 0 Å². The molecular formula is C22H21N3O5S. The standard InChI is InChI=1S/C22H21N3O5S/c1-3-13-25-21-20(5-4-12-23-21)30-19-11-10-17(14-18(19)22(25)26)31(27,28)24-15-6-8-16(29-2)9-7-15/h4-12,14,24H,3,13H2,1-2H3. The largest absolute Gasteiger partial charge is 0.497 e. The Hall–Kier alpha value is -3.59. The van der Waals surface area contributed by atoms with Crippen LogP contribution in [-0.2, 0) is 10.0 Å². The molecule has 4 rings (SSSR count). The van der Waals surface area contributed by atoms with E-state index < -0.39 is 10.0 Å². The maximum absolute atomic E-state index is 13.3. The van der Waals surface area contributed by atoms with E-state index in [0.717, 1.165) is 0 Å². The number of hydrogen-bond donors (Lipinski definition) is 1. The van der Waals surface area contributed by atoms with E-state index in [2.05, 4.69) is 9.71 Å². The fourth-order valence-electron chi connectivity index (χ4n) is 3.26. The Bertz CT molecular complexity index is 1230. The van der Waals surface area contributed by atoms with Crippen LogP contribution in [0.5, 0.6) is 17.2 Å². The van der Waals surface area contributed by atoms with Gasteiger partial charge in [0.2, 0.25) is 0 Å².